The van der Waals surface area contributed by atoms with Crippen LogP contribution < -0.4 is 16.4 Å². The minimum atomic E-state index is -0.502. The first kappa shape index (κ1) is 22.4. The van der Waals surface area contributed by atoms with Crippen molar-refractivity contribution in [1.29, 1.82) is 0 Å². The number of hydrogen-bond donors (Lipinski definition) is 3. The van der Waals surface area contributed by atoms with Gasteiger partial charge in [0.1, 0.15) is 5.82 Å². The number of ether oxygens (including phenoxy) is 1. The first-order valence-electron chi connectivity index (χ1n) is 9.43. The summed E-state index contributed by atoms with van der Waals surface area (Å²) in [7, 11) is 0. The molecule has 3 rings (SSSR count). The van der Waals surface area contributed by atoms with E-state index in [4.69, 9.17) is 10.5 Å². The molecule has 0 spiro atoms. The third-order valence-electron chi connectivity index (χ3n) is 5.51. The molecule has 4 N–H and O–H groups in total. The lowest BCUT2D eigenvalue weighted by Gasteiger charge is -2.41. The van der Waals surface area contributed by atoms with Gasteiger partial charge in [-0.1, -0.05) is 0 Å². The highest BCUT2D eigenvalue weighted by Crippen LogP contribution is 2.32. The molecule has 2 aliphatic heterocycles. The van der Waals surface area contributed by atoms with Crippen molar-refractivity contribution in [3.8, 4) is 0 Å². The smallest absolute Gasteiger partial charge is 0.319 e. The number of benzene rings is 1. The van der Waals surface area contributed by atoms with Crippen LogP contribution in [0.4, 0.5) is 14.9 Å². The minimum absolute atomic E-state index is 0. The fraction of sp³-hybridized carbons (Fsp3) is 0.579. The number of nitrogens with one attached hydrogen (secondary N) is 2. The Bertz CT molecular complexity index is 660. The molecule has 0 unspecified atom stereocenters. The normalized spacial score (nSPS) is 19.4. The number of rotatable bonds is 4. The molecule has 3 amide bonds. The van der Waals surface area contributed by atoms with Gasteiger partial charge in [0.05, 0.1) is 5.41 Å². The molecular weight excluding hydrogens is 387 g/mol. The molecule has 28 heavy (non-hydrogen) atoms. The van der Waals surface area contributed by atoms with Crippen LogP contribution in [0, 0.1) is 11.2 Å². The number of urea groups is 1. The predicted octanol–water partition coefficient (Wildman–Crippen LogP) is 2.12. The van der Waals surface area contributed by atoms with E-state index < -0.39 is 5.41 Å². The molecular formula is C19H28ClFN4O3. The number of halogens is 2. The molecule has 2 saturated heterocycles. The van der Waals surface area contributed by atoms with E-state index in [0.717, 1.165) is 0 Å². The Balaban J connectivity index is 0.00000280. The number of piperidine rings is 1. The van der Waals surface area contributed by atoms with E-state index in [0.29, 0.717) is 64.2 Å². The number of hydrogen-bond acceptors (Lipinski definition) is 4. The number of anilines is 1. The van der Waals surface area contributed by atoms with Crippen molar-refractivity contribution in [1.82, 2.24) is 10.2 Å². The SMILES string of the molecule is Cl.NCC1(C(=O)N2CCC(NC(=O)Nc3ccc(F)cc3)CC2)CCOCC1. The summed E-state index contributed by atoms with van der Waals surface area (Å²) >= 11 is 0. The number of nitrogens with zero attached hydrogens (tertiary/aromatic N) is 1. The van der Waals surface area contributed by atoms with Crippen molar-refractivity contribution in [3.05, 3.63) is 30.1 Å². The van der Waals surface area contributed by atoms with E-state index in [9.17, 15) is 14.0 Å². The van der Waals surface area contributed by atoms with Gasteiger partial charge in [0.2, 0.25) is 5.91 Å². The second kappa shape index (κ2) is 10.0. The lowest BCUT2D eigenvalue weighted by atomic mass is 9.78. The van der Waals surface area contributed by atoms with Crippen LogP contribution in [0.25, 0.3) is 0 Å². The van der Waals surface area contributed by atoms with Crippen LogP contribution >= 0.6 is 12.4 Å². The van der Waals surface area contributed by atoms with Crippen LogP contribution in [-0.2, 0) is 9.53 Å². The summed E-state index contributed by atoms with van der Waals surface area (Å²) in [6.45, 7) is 2.69. The van der Waals surface area contributed by atoms with Gasteiger partial charge < -0.3 is 26.0 Å². The zero-order valence-electron chi connectivity index (χ0n) is 15.8. The molecule has 0 aromatic heterocycles. The number of likely N-dealkylation sites (tertiary alicyclic amines) is 1. The molecule has 7 nitrogen and oxygen atoms in total. The predicted molar refractivity (Wildman–Crippen MR) is 107 cm³/mol. The molecule has 1 aromatic carbocycles. The van der Waals surface area contributed by atoms with Gasteiger partial charge >= 0.3 is 6.03 Å². The van der Waals surface area contributed by atoms with Crippen molar-refractivity contribution >= 4 is 30.0 Å². The Morgan fingerprint density at radius 2 is 1.79 bits per heavy atom. The molecule has 2 aliphatic rings. The molecule has 0 aliphatic carbocycles. The third kappa shape index (κ3) is 5.33. The Morgan fingerprint density at radius 3 is 2.36 bits per heavy atom. The molecule has 9 heteroatoms. The minimum Gasteiger partial charge on any atom is -0.381 e. The quantitative estimate of drug-likeness (QED) is 0.703. The topological polar surface area (TPSA) is 96.7 Å². The first-order chi connectivity index (χ1) is 13.0. The summed E-state index contributed by atoms with van der Waals surface area (Å²) in [5, 5.41) is 5.61. The average Bonchev–Trinajstić information content (AvgIpc) is 2.70. The maximum Gasteiger partial charge on any atom is 0.319 e. The van der Waals surface area contributed by atoms with Crippen molar-refractivity contribution < 1.29 is 18.7 Å². The van der Waals surface area contributed by atoms with Crippen molar-refractivity contribution in [2.45, 2.75) is 31.7 Å². The van der Waals surface area contributed by atoms with Crippen LogP contribution in [0.15, 0.2) is 24.3 Å². The number of carbonyl (C=O) groups is 2. The number of nitrogens with two attached hydrogens (primary N) is 1. The van der Waals surface area contributed by atoms with Gasteiger partial charge in [0.25, 0.3) is 0 Å². The fourth-order valence-electron chi connectivity index (χ4n) is 3.72. The maximum absolute atomic E-state index is 13.0. The lowest BCUT2D eigenvalue weighted by molar-refractivity contribution is -0.148. The maximum atomic E-state index is 13.0. The number of carbonyl (C=O) groups excluding carboxylic acids is 2. The van der Waals surface area contributed by atoms with E-state index in [2.05, 4.69) is 10.6 Å². The van der Waals surface area contributed by atoms with Crippen molar-refractivity contribution in [2.24, 2.45) is 11.1 Å². The van der Waals surface area contributed by atoms with E-state index in [-0.39, 0.29) is 36.2 Å². The highest BCUT2D eigenvalue weighted by atomic mass is 35.5. The molecule has 0 atom stereocenters. The number of amides is 3. The largest absolute Gasteiger partial charge is 0.381 e. The second-order valence-corrected chi connectivity index (χ2v) is 7.27. The molecule has 0 radical (unpaired) electrons. The van der Waals surface area contributed by atoms with Crippen LogP contribution in [-0.4, -0.2) is 55.7 Å². The zero-order valence-corrected chi connectivity index (χ0v) is 16.6. The fourth-order valence-corrected chi connectivity index (χ4v) is 3.72. The standard InChI is InChI=1S/C19H27FN4O3.ClH/c20-14-1-3-15(4-2-14)22-18(26)23-16-5-9-24(10-6-16)17(25)19(13-21)7-11-27-12-8-19;/h1-4,16H,5-13,21H2,(H2,22,23,26);1H. The highest BCUT2D eigenvalue weighted by molar-refractivity contribution is 5.89. The van der Waals surface area contributed by atoms with Crippen LogP contribution in [0.1, 0.15) is 25.7 Å². The average molecular weight is 415 g/mol. The van der Waals surface area contributed by atoms with Gasteiger partial charge in [-0.3, -0.25) is 4.79 Å². The summed E-state index contributed by atoms with van der Waals surface area (Å²) < 4.78 is 18.3. The third-order valence-corrected chi connectivity index (χ3v) is 5.51. The Hall–Kier alpha value is -1.90. The summed E-state index contributed by atoms with van der Waals surface area (Å²) in [6.07, 6.45) is 2.72. The molecule has 1 aromatic rings. The summed E-state index contributed by atoms with van der Waals surface area (Å²) in [5.74, 6) is -0.236. The highest BCUT2D eigenvalue weighted by Gasteiger charge is 2.42. The summed E-state index contributed by atoms with van der Waals surface area (Å²) in [5.41, 5.74) is 5.96. The van der Waals surface area contributed by atoms with Gasteiger partial charge in [0.15, 0.2) is 0 Å². The van der Waals surface area contributed by atoms with Crippen LogP contribution in [0.2, 0.25) is 0 Å². The molecule has 2 fully saturated rings. The molecule has 0 bridgehead atoms. The van der Waals surface area contributed by atoms with Gasteiger partial charge in [-0.15, -0.1) is 12.4 Å². The zero-order chi connectivity index (χ0) is 19.3. The first-order valence-corrected chi connectivity index (χ1v) is 9.43. The lowest BCUT2D eigenvalue weighted by Crippen LogP contribution is -2.54. The molecule has 156 valence electrons. The second-order valence-electron chi connectivity index (χ2n) is 7.27. The van der Waals surface area contributed by atoms with E-state index in [1.807, 2.05) is 4.90 Å². The van der Waals surface area contributed by atoms with Gasteiger partial charge in [-0.2, -0.15) is 0 Å². The van der Waals surface area contributed by atoms with Gasteiger partial charge in [0, 0.05) is 44.6 Å². The van der Waals surface area contributed by atoms with Crippen LogP contribution in [0.5, 0.6) is 0 Å². The Kier molecular flexibility index (Phi) is 8.03. The summed E-state index contributed by atoms with van der Waals surface area (Å²) in [6, 6.07) is 5.28. The molecule has 0 saturated carbocycles. The monoisotopic (exact) mass is 414 g/mol. The van der Waals surface area contributed by atoms with E-state index >= 15 is 0 Å². The van der Waals surface area contributed by atoms with Crippen molar-refractivity contribution in [2.75, 3.05) is 38.2 Å². The van der Waals surface area contributed by atoms with Gasteiger partial charge in [-0.05, 0) is 49.9 Å². The van der Waals surface area contributed by atoms with Gasteiger partial charge in [-0.25, -0.2) is 9.18 Å². The van der Waals surface area contributed by atoms with Crippen LogP contribution in [0.3, 0.4) is 0 Å². The molecule has 2 heterocycles. The van der Waals surface area contributed by atoms with E-state index in [1.54, 1.807) is 0 Å². The Morgan fingerprint density at radius 1 is 1.18 bits per heavy atom. The summed E-state index contributed by atoms with van der Waals surface area (Å²) in [4.78, 5) is 26.9. The Labute approximate surface area is 170 Å². The van der Waals surface area contributed by atoms with Crippen molar-refractivity contribution in [3.63, 3.8) is 0 Å². The van der Waals surface area contributed by atoms with E-state index in [1.165, 1.54) is 24.3 Å².